The van der Waals surface area contributed by atoms with Gasteiger partial charge in [-0.3, -0.25) is 4.52 Å². The number of aromatic nitrogens is 2. The van der Waals surface area contributed by atoms with E-state index in [1.54, 1.807) is 0 Å². The van der Waals surface area contributed by atoms with Gasteiger partial charge < -0.3 is 10.1 Å². The molecule has 5 heteroatoms. The lowest BCUT2D eigenvalue weighted by molar-refractivity contribution is 0.214. The summed E-state index contributed by atoms with van der Waals surface area (Å²) in [6.45, 7) is 4.52. The van der Waals surface area contributed by atoms with Gasteiger partial charge in [0.05, 0.1) is 6.61 Å². The molecule has 0 radical (unpaired) electrons. The predicted molar refractivity (Wildman–Crippen MR) is 50.3 cm³/mol. The molecule has 1 aromatic rings. The van der Waals surface area contributed by atoms with Crippen molar-refractivity contribution in [2.24, 2.45) is 0 Å². The zero-order valence-electron chi connectivity index (χ0n) is 8.32. The first-order valence-corrected chi connectivity index (χ1v) is 5.07. The van der Waals surface area contributed by atoms with Gasteiger partial charge in [-0.2, -0.15) is 4.98 Å². The number of piperidine rings is 1. The first-order valence-electron chi connectivity index (χ1n) is 5.07. The van der Waals surface area contributed by atoms with Gasteiger partial charge in [0.25, 0.3) is 0 Å². The van der Waals surface area contributed by atoms with Crippen molar-refractivity contribution in [2.75, 3.05) is 19.7 Å². The Hall–Kier alpha value is -1.10. The fourth-order valence-corrected chi connectivity index (χ4v) is 1.65. The number of hydrogen-bond donors (Lipinski definition) is 1. The van der Waals surface area contributed by atoms with Gasteiger partial charge in [-0.15, -0.1) is 0 Å². The van der Waals surface area contributed by atoms with Crippen molar-refractivity contribution in [3.63, 3.8) is 0 Å². The molecule has 1 saturated heterocycles. The average Bonchev–Trinajstić information content (AvgIpc) is 2.68. The van der Waals surface area contributed by atoms with E-state index >= 15 is 0 Å². The second-order valence-electron chi connectivity index (χ2n) is 3.38. The quantitative estimate of drug-likeness (QED) is 0.781. The molecule has 0 aromatic carbocycles. The van der Waals surface area contributed by atoms with E-state index in [-0.39, 0.29) is 0 Å². The van der Waals surface area contributed by atoms with Crippen LogP contribution in [0.15, 0.2) is 4.52 Å². The maximum atomic E-state index is 5.12. The molecule has 1 aliphatic heterocycles. The summed E-state index contributed by atoms with van der Waals surface area (Å²) in [4.78, 5) is 4.20. The Morgan fingerprint density at radius 2 is 2.29 bits per heavy atom. The summed E-state index contributed by atoms with van der Waals surface area (Å²) in [6.07, 6.45) is 2.44. The van der Waals surface area contributed by atoms with Gasteiger partial charge in [0.15, 0.2) is 5.82 Å². The third-order valence-corrected chi connectivity index (χ3v) is 2.40. The molecule has 0 amide bonds. The third-order valence-electron chi connectivity index (χ3n) is 2.40. The van der Waals surface area contributed by atoms with Crippen molar-refractivity contribution in [2.45, 2.75) is 25.7 Å². The lowest BCUT2D eigenvalue weighted by Crippen LogP contribution is -2.27. The molecule has 2 heterocycles. The van der Waals surface area contributed by atoms with Crippen LogP contribution in [0.5, 0.6) is 6.08 Å². The Morgan fingerprint density at radius 3 is 3.00 bits per heavy atom. The molecule has 0 spiro atoms. The monoisotopic (exact) mass is 197 g/mol. The van der Waals surface area contributed by atoms with Crippen LogP contribution in [0.3, 0.4) is 0 Å². The highest BCUT2D eigenvalue weighted by Crippen LogP contribution is 2.23. The maximum absolute atomic E-state index is 5.12. The molecule has 0 bridgehead atoms. The summed E-state index contributed by atoms with van der Waals surface area (Å²) in [5, 5.41) is 7.22. The Kier molecular flexibility index (Phi) is 2.98. The zero-order chi connectivity index (χ0) is 9.80. The summed E-state index contributed by atoms with van der Waals surface area (Å²) in [6, 6.07) is 0. The van der Waals surface area contributed by atoms with Gasteiger partial charge in [-0.1, -0.05) is 5.16 Å². The second kappa shape index (κ2) is 4.41. The number of ether oxygens (including phenoxy) is 1. The topological polar surface area (TPSA) is 60.2 Å². The van der Waals surface area contributed by atoms with Crippen molar-refractivity contribution in [1.82, 2.24) is 15.5 Å². The van der Waals surface area contributed by atoms with E-state index in [0.29, 0.717) is 18.6 Å². The van der Waals surface area contributed by atoms with Gasteiger partial charge >= 0.3 is 6.08 Å². The highest BCUT2D eigenvalue weighted by Gasteiger charge is 2.20. The van der Waals surface area contributed by atoms with E-state index in [0.717, 1.165) is 31.8 Å². The van der Waals surface area contributed by atoms with Crippen LogP contribution in [0.1, 0.15) is 31.5 Å². The van der Waals surface area contributed by atoms with Crippen molar-refractivity contribution < 1.29 is 9.26 Å². The van der Waals surface area contributed by atoms with Crippen molar-refractivity contribution in [3.8, 4) is 6.08 Å². The van der Waals surface area contributed by atoms with Crippen molar-refractivity contribution in [3.05, 3.63) is 5.82 Å². The molecular weight excluding hydrogens is 182 g/mol. The SMILES string of the molecule is CCOc1nc(C2CCNCC2)no1. The molecule has 0 atom stereocenters. The number of nitrogens with one attached hydrogen (secondary N) is 1. The largest absolute Gasteiger partial charge is 0.449 e. The fraction of sp³-hybridized carbons (Fsp3) is 0.778. The van der Waals surface area contributed by atoms with E-state index in [1.165, 1.54) is 0 Å². The minimum absolute atomic E-state index is 0.293. The van der Waals surface area contributed by atoms with E-state index in [1.807, 2.05) is 6.92 Å². The zero-order valence-corrected chi connectivity index (χ0v) is 8.32. The molecule has 0 unspecified atom stereocenters. The minimum Gasteiger partial charge on any atom is -0.449 e. The molecule has 1 aromatic heterocycles. The predicted octanol–water partition coefficient (Wildman–Crippen LogP) is 0.935. The highest BCUT2D eigenvalue weighted by atomic mass is 16.6. The van der Waals surface area contributed by atoms with Crippen molar-refractivity contribution in [1.29, 1.82) is 0 Å². The highest BCUT2D eigenvalue weighted by molar-refractivity contribution is 4.99. The molecule has 1 fully saturated rings. The van der Waals surface area contributed by atoms with Gasteiger partial charge in [0.2, 0.25) is 0 Å². The smallest absolute Gasteiger partial charge is 0.417 e. The molecular formula is C9H15N3O2. The van der Waals surface area contributed by atoms with Gasteiger partial charge in [-0.05, 0) is 32.9 Å². The first-order chi connectivity index (χ1) is 6.90. The Balaban J connectivity index is 2.00. The van der Waals surface area contributed by atoms with E-state index in [9.17, 15) is 0 Å². The van der Waals surface area contributed by atoms with Crippen LogP contribution >= 0.6 is 0 Å². The van der Waals surface area contributed by atoms with Gasteiger partial charge in [0, 0.05) is 5.92 Å². The van der Waals surface area contributed by atoms with Gasteiger partial charge in [-0.25, -0.2) is 0 Å². The number of hydrogen-bond acceptors (Lipinski definition) is 5. The van der Waals surface area contributed by atoms with Crippen LogP contribution in [-0.4, -0.2) is 29.8 Å². The van der Waals surface area contributed by atoms with E-state index in [4.69, 9.17) is 9.26 Å². The molecule has 2 rings (SSSR count). The fourth-order valence-electron chi connectivity index (χ4n) is 1.65. The Labute approximate surface area is 82.8 Å². The minimum atomic E-state index is 0.293. The lowest BCUT2D eigenvalue weighted by Gasteiger charge is -2.18. The summed E-state index contributed by atoms with van der Waals surface area (Å²) >= 11 is 0. The molecule has 14 heavy (non-hydrogen) atoms. The summed E-state index contributed by atoms with van der Waals surface area (Å²) in [5.74, 6) is 1.21. The maximum Gasteiger partial charge on any atom is 0.417 e. The van der Waals surface area contributed by atoms with Crippen LogP contribution in [0.2, 0.25) is 0 Å². The average molecular weight is 197 g/mol. The summed E-state index contributed by atoms with van der Waals surface area (Å²) in [7, 11) is 0. The molecule has 0 saturated carbocycles. The van der Waals surface area contributed by atoms with Crippen LogP contribution < -0.4 is 10.1 Å². The molecule has 0 aliphatic carbocycles. The third kappa shape index (κ3) is 2.04. The molecule has 5 nitrogen and oxygen atoms in total. The molecule has 1 aliphatic rings. The van der Waals surface area contributed by atoms with Crippen LogP contribution in [0.25, 0.3) is 0 Å². The number of nitrogens with zero attached hydrogens (tertiary/aromatic N) is 2. The standard InChI is InChI=1S/C9H15N3O2/c1-2-13-9-11-8(12-14-9)7-3-5-10-6-4-7/h7,10H,2-6H2,1H3. The van der Waals surface area contributed by atoms with Crippen LogP contribution in [0.4, 0.5) is 0 Å². The van der Waals surface area contributed by atoms with Crippen LogP contribution in [-0.2, 0) is 0 Å². The van der Waals surface area contributed by atoms with E-state index in [2.05, 4.69) is 15.5 Å². The molecule has 78 valence electrons. The van der Waals surface area contributed by atoms with Crippen molar-refractivity contribution >= 4 is 0 Å². The molecule has 1 N–H and O–H groups in total. The Morgan fingerprint density at radius 1 is 1.50 bits per heavy atom. The number of rotatable bonds is 3. The lowest BCUT2D eigenvalue weighted by atomic mass is 9.98. The second-order valence-corrected chi connectivity index (χ2v) is 3.38. The first kappa shape index (κ1) is 9.45. The Bertz CT molecular complexity index is 281. The van der Waals surface area contributed by atoms with Crippen LogP contribution in [0, 0.1) is 0 Å². The normalized spacial score (nSPS) is 18.4. The summed E-state index contributed by atoms with van der Waals surface area (Å²) < 4.78 is 10.1. The van der Waals surface area contributed by atoms with E-state index < -0.39 is 0 Å². The van der Waals surface area contributed by atoms with Gasteiger partial charge in [0.1, 0.15) is 0 Å². The summed E-state index contributed by atoms with van der Waals surface area (Å²) in [5.41, 5.74) is 0.